The summed E-state index contributed by atoms with van der Waals surface area (Å²) in [4.78, 5) is 11.2. The Morgan fingerprint density at radius 3 is 2.43 bits per heavy atom. The van der Waals surface area contributed by atoms with Crippen molar-refractivity contribution in [3.05, 3.63) is 53.9 Å². The van der Waals surface area contributed by atoms with Crippen molar-refractivity contribution in [3.8, 4) is 11.5 Å². The molecule has 0 fully saturated rings. The molecule has 114 valence electrons. The van der Waals surface area contributed by atoms with Crippen LogP contribution in [0.3, 0.4) is 0 Å². The summed E-state index contributed by atoms with van der Waals surface area (Å²) in [7, 11) is 0. The third-order valence-corrected chi connectivity index (χ3v) is 4.41. The molecular formula is C18H15N3O2. The first-order valence-corrected chi connectivity index (χ1v) is 7.72. The fourth-order valence-electron chi connectivity index (χ4n) is 3.35. The molecule has 0 spiro atoms. The number of fused-ring (bicyclic) bond motifs is 3. The molecule has 0 radical (unpaired) electrons. The van der Waals surface area contributed by atoms with E-state index in [0.29, 0.717) is 0 Å². The van der Waals surface area contributed by atoms with Gasteiger partial charge in [-0.2, -0.15) is 0 Å². The maximum Gasteiger partial charge on any atom is 0.238 e. The van der Waals surface area contributed by atoms with Crippen molar-refractivity contribution in [1.29, 1.82) is 0 Å². The fraction of sp³-hybridized carbons (Fsp3) is 0.222. The summed E-state index contributed by atoms with van der Waals surface area (Å²) in [5.41, 5.74) is 3.59. The molecule has 5 rings (SSSR count). The summed E-state index contributed by atoms with van der Waals surface area (Å²) in [6.45, 7) is 3.62. The number of anilines is 1. The first-order chi connectivity index (χ1) is 11.3. The third-order valence-electron chi connectivity index (χ3n) is 4.41. The Balaban J connectivity index is 1.62. The summed E-state index contributed by atoms with van der Waals surface area (Å²) >= 11 is 0. The molecule has 1 atom stereocenters. The smallest absolute Gasteiger partial charge is 0.238 e. The lowest BCUT2D eigenvalue weighted by molar-refractivity contribution is 0.0679. The number of ether oxygens (including phenoxy) is 2. The van der Waals surface area contributed by atoms with Crippen LogP contribution >= 0.6 is 0 Å². The summed E-state index contributed by atoms with van der Waals surface area (Å²) in [5, 5.41) is 0.997. The SMILES string of the molecule is CC1Oc2cc3ncnc(N4Cc5ccccc5C4)c3cc2O1. The van der Waals surface area contributed by atoms with E-state index in [0.717, 1.165) is 41.3 Å². The standard InChI is InChI=1S/C18H15N3O2/c1-11-22-16-6-14-15(7-17(16)23-11)19-10-20-18(14)21-8-12-4-2-3-5-13(12)9-21/h2-7,10-11H,8-9H2,1H3. The van der Waals surface area contributed by atoms with Crippen LogP contribution in [-0.2, 0) is 13.1 Å². The molecule has 0 aliphatic carbocycles. The molecule has 0 N–H and O–H groups in total. The van der Waals surface area contributed by atoms with E-state index in [2.05, 4.69) is 39.1 Å². The van der Waals surface area contributed by atoms with E-state index < -0.39 is 0 Å². The summed E-state index contributed by atoms with van der Waals surface area (Å²) in [6.07, 6.45) is 1.36. The van der Waals surface area contributed by atoms with Gasteiger partial charge in [-0.05, 0) is 17.2 Å². The van der Waals surface area contributed by atoms with Crippen LogP contribution < -0.4 is 14.4 Å². The highest BCUT2D eigenvalue weighted by atomic mass is 16.7. The van der Waals surface area contributed by atoms with Crippen LogP contribution in [0.25, 0.3) is 10.9 Å². The maximum atomic E-state index is 5.70. The van der Waals surface area contributed by atoms with Crippen LogP contribution in [-0.4, -0.2) is 16.3 Å². The molecule has 2 aliphatic rings. The van der Waals surface area contributed by atoms with Crippen molar-refractivity contribution in [2.45, 2.75) is 26.3 Å². The molecule has 3 aromatic rings. The Bertz CT molecular complexity index is 900. The largest absolute Gasteiger partial charge is 0.451 e. The minimum Gasteiger partial charge on any atom is -0.451 e. The van der Waals surface area contributed by atoms with Gasteiger partial charge in [0.2, 0.25) is 6.29 Å². The molecule has 0 saturated carbocycles. The van der Waals surface area contributed by atoms with Crippen LogP contribution in [0.2, 0.25) is 0 Å². The lowest BCUT2D eigenvalue weighted by Gasteiger charge is -2.18. The number of nitrogens with zero attached hydrogens (tertiary/aromatic N) is 3. The van der Waals surface area contributed by atoms with E-state index in [1.54, 1.807) is 6.33 Å². The van der Waals surface area contributed by atoms with Gasteiger partial charge in [0.1, 0.15) is 12.1 Å². The lowest BCUT2D eigenvalue weighted by Crippen LogP contribution is -2.16. The molecule has 3 heterocycles. The molecule has 0 amide bonds. The Morgan fingerprint density at radius 1 is 1.00 bits per heavy atom. The second-order valence-corrected chi connectivity index (χ2v) is 5.94. The average molecular weight is 305 g/mol. The molecule has 5 heteroatoms. The zero-order valence-corrected chi connectivity index (χ0v) is 12.7. The van der Waals surface area contributed by atoms with Gasteiger partial charge in [0.15, 0.2) is 11.5 Å². The Hall–Kier alpha value is -2.82. The van der Waals surface area contributed by atoms with Gasteiger partial charge in [0, 0.05) is 31.5 Å². The minimum absolute atomic E-state index is 0.255. The van der Waals surface area contributed by atoms with E-state index in [1.165, 1.54) is 11.1 Å². The van der Waals surface area contributed by atoms with Gasteiger partial charge >= 0.3 is 0 Å². The number of benzene rings is 2. The van der Waals surface area contributed by atoms with Gasteiger partial charge in [-0.3, -0.25) is 0 Å². The number of hydrogen-bond donors (Lipinski definition) is 0. The molecule has 2 aliphatic heterocycles. The van der Waals surface area contributed by atoms with Crippen LogP contribution in [0, 0.1) is 0 Å². The van der Waals surface area contributed by atoms with Crippen molar-refractivity contribution < 1.29 is 9.47 Å². The van der Waals surface area contributed by atoms with E-state index in [4.69, 9.17) is 9.47 Å². The first-order valence-electron chi connectivity index (χ1n) is 7.72. The number of aromatic nitrogens is 2. The quantitative estimate of drug-likeness (QED) is 0.690. The van der Waals surface area contributed by atoms with Gasteiger partial charge in [-0.15, -0.1) is 0 Å². The third kappa shape index (κ3) is 1.93. The zero-order valence-electron chi connectivity index (χ0n) is 12.7. The van der Waals surface area contributed by atoms with Crippen LogP contribution in [0.4, 0.5) is 5.82 Å². The zero-order chi connectivity index (χ0) is 15.4. The molecule has 1 unspecified atom stereocenters. The molecule has 1 aromatic heterocycles. The highest BCUT2D eigenvalue weighted by Crippen LogP contribution is 2.40. The van der Waals surface area contributed by atoms with Crippen molar-refractivity contribution in [1.82, 2.24) is 9.97 Å². The van der Waals surface area contributed by atoms with Crippen molar-refractivity contribution in [3.63, 3.8) is 0 Å². The summed E-state index contributed by atoms with van der Waals surface area (Å²) in [6, 6.07) is 12.4. The first kappa shape index (κ1) is 12.7. The van der Waals surface area contributed by atoms with Gasteiger partial charge in [-0.1, -0.05) is 24.3 Å². The Labute approximate surface area is 133 Å². The number of hydrogen-bond acceptors (Lipinski definition) is 5. The second kappa shape index (κ2) is 4.59. The van der Waals surface area contributed by atoms with E-state index in [1.807, 2.05) is 19.1 Å². The number of rotatable bonds is 1. The van der Waals surface area contributed by atoms with Crippen LogP contribution in [0.5, 0.6) is 11.5 Å². The van der Waals surface area contributed by atoms with Crippen molar-refractivity contribution in [2.24, 2.45) is 0 Å². The Morgan fingerprint density at radius 2 is 1.70 bits per heavy atom. The average Bonchev–Trinajstić information content (AvgIpc) is 3.13. The van der Waals surface area contributed by atoms with E-state index in [-0.39, 0.29) is 6.29 Å². The predicted octanol–water partition coefficient (Wildman–Crippen LogP) is 3.27. The normalized spacial score (nSPS) is 18.5. The predicted molar refractivity (Wildman–Crippen MR) is 86.6 cm³/mol. The minimum atomic E-state index is -0.255. The highest BCUT2D eigenvalue weighted by Gasteiger charge is 2.25. The van der Waals surface area contributed by atoms with Gasteiger partial charge in [0.05, 0.1) is 5.52 Å². The summed E-state index contributed by atoms with van der Waals surface area (Å²) < 4.78 is 11.3. The monoisotopic (exact) mass is 305 g/mol. The molecule has 0 bridgehead atoms. The topological polar surface area (TPSA) is 47.5 Å². The van der Waals surface area contributed by atoms with Gasteiger partial charge in [0.25, 0.3) is 0 Å². The second-order valence-electron chi connectivity index (χ2n) is 5.94. The van der Waals surface area contributed by atoms with Gasteiger partial charge < -0.3 is 14.4 Å². The molecular weight excluding hydrogens is 290 g/mol. The fourth-order valence-corrected chi connectivity index (χ4v) is 3.35. The summed E-state index contributed by atoms with van der Waals surface area (Å²) in [5.74, 6) is 2.45. The van der Waals surface area contributed by atoms with E-state index >= 15 is 0 Å². The molecule has 5 nitrogen and oxygen atoms in total. The van der Waals surface area contributed by atoms with Gasteiger partial charge in [-0.25, -0.2) is 9.97 Å². The lowest BCUT2D eigenvalue weighted by atomic mass is 10.1. The van der Waals surface area contributed by atoms with E-state index in [9.17, 15) is 0 Å². The van der Waals surface area contributed by atoms with Crippen molar-refractivity contribution >= 4 is 16.7 Å². The molecule has 2 aromatic carbocycles. The van der Waals surface area contributed by atoms with Crippen LogP contribution in [0.1, 0.15) is 18.1 Å². The highest BCUT2D eigenvalue weighted by molar-refractivity contribution is 5.92. The Kier molecular flexibility index (Phi) is 2.53. The van der Waals surface area contributed by atoms with Crippen LogP contribution in [0.15, 0.2) is 42.7 Å². The maximum absolute atomic E-state index is 5.70. The molecule has 23 heavy (non-hydrogen) atoms. The molecule has 0 saturated heterocycles. The van der Waals surface area contributed by atoms with Crippen molar-refractivity contribution in [2.75, 3.05) is 4.90 Å².